The van der Waals surface area contributed by atoms with E-state index in [1.165, 1.54) is 0 Å². The number of benzene rings is 2. The molecular weight excluding hydrogens is 370 g/mol. The van der Waals surface area contributed by atoms with E-state index in [0.717, 1.165) is 31.5 Å². The van der Waals surface area contributed by atoms with Gasteiger partial charge in [0.2, 0.25) is 0 Å². The second-order valence-corrected chi connectivity index (χ2v) is 5.82. The van der Waals surface area contributed by atoms with Gasteiger partial charge in [-0.2, -0.15) is 0 Å². The van der Waals surface area contributed by atoms with E-state index in [9.17, 15) is 0 Å². The Bertz CT molecular complexity index is 624. The predicted molar refractivity (Wildman–Crippen MR) is 86.8 cm³/mol. The fourth-order valence-electron chi connectivity index (χ4n) is 1.74. The van der Waals surface area contributed by atoms with Crippen molar-refractivity contribution in [2.45, 2.75) is 6.92 Å². The summed E-state index contributed by atoms with van der Waals surface area (Å²) in [6.45, 7) is 2.04. The molecule has 0 saturated carbocycles. The standard InChI is InChI=1S/C15H13Br2NO/c1-10-5-3-4-6-14(10)18-9-11-7-12(16)8-13(17)15(11)19-2/h3-9H,1-2H3. The molecular formula is C15H13Br2NO. The highest BCUT2D eigenvalue weighted by atomic mass is 79.9. The zero-order valence-corrected chi connectivity index (χ0v) is 13.8. The van der Waals surface area contributed by atoms with Crippen LogP contribution in [0.15, 0.2) is 50.3 Å². The summed E-state index contributed by atoms with van der Waals surface area (Å²) in [6.07, 6.45) is 1.82. The molecule has 0 aliphatic heterocycles. The van der Waals surface area contributed by atoms with E-state index in [4.69, 9.17) is 4.74 Å². The molecule has 0 atom stereocenters. The third-order valence-electron chi connectivity index (χ3n) is 2.70. The van der Waals surface area contributed by atoms with Gasteiger partial charge in [-0.25, -0.2) is 0 Å². The van der Waals surface area contributed by atoms with Gasteiger partial charge in [-0.15, -0.1) is 0 Å². The van der Waals surface area contributed by atoms with Crippen LogP contribution in [0.2, 0.25) is 0 Å². The highest BCUT2D eigenvalue weighted by Crippen LogP contribution is 2.32. The number of methoxy groups -OCH3 is 1. The molecule has 0 fully saturated rings. The van der Waals surface area contributed by atoms with Gasteiger partial charge in [-0.05, 0) is 46.6 Å². The number of aliphatic imine (C=N–C) groups is 1. The topological polar surface area (TPSA) is 21.6 Å². The van der Waals surface area contributed by atoms with Crippen LogP contribution in [0.1, 0.15) is 11.1 Å². The smallest absolute Gasteiger partial charge is 0.141 e. The van der Waals surface area contributed by atoms with Crippen LogP contribution in [0.25, 0.3) is 0 Å². The van der Waals surface area contributed by atoms with E-state index in [0.29, 0.717) is 0 Å². The quantitative estimate of drug-likeness (QED) is 0.661. The molecule has 0 heterocycles. The number of rotatable bonds is 3. The van der Waals surface area contributed by atoms with Crippen molar-refractivity contribution in [1.29, 1.82) is 0 Å². The Hall–Kier alpha value is -1.13. The van der Waals surface area contributed by atoms with E-state index in [1.807, 2.05) is 49.5 Å². The Morgan fingerprint density at radius 2 is 1.89 bits per heavy atom. The van der Waals surface area contributed by atoms with Crippen LogP contribution in [0.4, 0.5) is 5.69 Å². The van der Waals surface area contributed by atoms with Crippen LogP contribution in [-0.2, 0) is 0 Å². The second kappa shape index (κ2) is 6.35. The van der Waals surface area contributed by atoms with Crippen LogP contribution in [0.5, 0.6) is 5.75 Å². The summed E-state index contributed by atoms with van der Waals surface area (Å²) in [6, 6.07) is 11.9. The van der Waals surface area contributed by atoms with Crippen molar-refractivity contribution in [2.24, 2.45) is 4.99 Å². The summed E-state index contributed by atoms with van der Waals surface area (Å²) in [5.41, 5.74) is 3.03. The third-order valence-corrected chi connectivity index (χ3v) is 3.75. The van der Waals surface area contributed by atoms with Crippen molar-refractivity contribution < 1.29 is 4.74 Å². The predicted octanol–water partition coefficient (Wildman–Crippen LogP) is 5.28. The van der Waals surface area contributed by atoms with E-state index >= 15 is 0 Å². The van der Waals surface area contributed by atoms with Gasteiger partial charge in [0.05, 0.1) is 17.3 Å². The second-order valence-electron chi connectivity index (χ2n) is 4.05. The van der Waals surface area contributed by atoms with Crippen molar-refractivity contribution in [2.75, 3.05) is 7.11 Å². The maximum atomic E-state index is 5.39. The van der Waals surface area contributed by atoms with Gasteiger partial charge in [-0.1, -0.05) is 34.1 Å². The number of aryl methyl sites for hydroxylation is 1. The average Bonchev–Trinajstić information content (AvgIpc) is 2.37. The number of hydrogen-bond acceptors (Lipinski definition) is 2. The first kappa shape index (κ1) is 14.3. The molecule has 4 heteroatoms. The Morgan fingerprint density at radius 1 is 1.16 bits per heavy atom. The molecule has 0 radical (unpaired) electrons. The first-order valence-electron chi connectivity index (χ1n) is 5.74. The molecule has 0 saturated heterocycles. The van der Waals surface area contributed by atoms with E-state index in [-0.39, 0.29) is 0 Å². The highest BCUT2D eigenvalue weighted by molar-refractivity contribution is 9.11. The summed E-state index contributed by atoms with van der Waals surface area (Å²) >= 11 is 6.95. The summed E-state index contributed by atoms with van der Waals surface area (Å²) in [7, 11) is 1.65. The Labute approximate surface area is 129 Å². The lowest BCUT2D eigenvalue weighted by Crippen LogP contribution is -1.92. The normalized spacial score (nSPS) is 10.9. The minimum Gasteiger partial charge on any atom is -0.495 e. The first-order valence-corrected chi connectivity index (χ1v) is 7.33. The molecule has 0 aliphatic carbocycles. The molecule has 0 unspecified atom stereocenters. The van der Waals surface area contributed by atoms with Crippen LogP contribution >= 0.6 is 31.9 Å². The number of halogens is 2. The van der Waals surface area contributed by atoms with Gasteiger partial charge in [0, 0.05) is 16.3 Å². The highest BCUT2D eigenvalue weighted by Gasteiger charge is 2.07. The Balaban J connectivity index is 2.41. The summed E-state index contributed by atoms with van der Waals surface area (Å²) in [5, 5.41) is 0. The van der Waals surface area contributed by atoms with E-state index < -0.39 is 0 Å². The Morgan fingerprint density at radius 3 is 2.58 bits per heavy atom. The maximum absolute atomic E-state index is 5.39. The minimum atomic E-state index is 0.778. The molecule has 0 aliphatic rings. The molecule has 98 valence electrons. The summed E-state index contributed by atoms with van der Waals surface area (Å²) in [4.78, 5) is 4.52. The minimum absolute atomic E-state index is 0.778. The molecule has 19 heavy (non-hydrogen) atoms. The molecule has 2 rings (SSSR count). The molecule has 2 aromatic carbocycles. The van der Waals surface area contributed by atoms with E-state index in [2.05, 4.69) is 36.9 Å². The molecule has 0 spiro atoms. The lowest BCUT2D eigenvalue weighted by atomic mass is 10.2. The molecule has 0 amide bonds. The summed E-state index contributed by atoms with van der Waals surface area (Å²) in [5.74, 6) is 0.778. The van der Waals surface area contributed by atoms with Gasteiger partial charge in [0.25, 0.3) is 0 Å². The van der Waals surface area contributed by atoms with Crippen LogP contribution < -0.4 is 4.74 Å². The maximum Gasteiger partial charge on any atom is 0.141 e. The zero-order chi connectivity index (χ0) is 13.8. The molecule has 0 bridgehead atoms. The lowest BCUT2D eigenvalue weighted by molar-refractivity contribution is 0.411. The third kappa shape index (κ3) is 3.45. The number of nitrogens with zero attached hydrogens (tertiary/aromatic N) is 1. The van der Waals surface area contributed by atoms with Gasteiger partial charge in [-0.3, -0.25) is 4.99 Å². The zero-order valence-electron chi connectivity index (χ0n) is 10.7. The number of para-hydroxylation sites is 1. The van der Waals surface area contributed by atoms with Crippen molar-refractivity contribution in [3.8, 4) is 5.75 Å². The number of hydrogen-bond donors (Lipinski definition) is 0. The van der Waals surface area contributed by atoms with Crippen molar-refractivity contribution in [1.82, 2.24) is 0 Å². The van der Waals surface area contributed by atoms with Gasteiger partial charge in [0.15, 0.2) is 0 Å². The lowest BCUT2D eigenvalue weighted by Gasteiger charge is -2.08. The van der Waals surface area contributed by atoms with Gasteiger partial charge in [0.1, 0.15) is 5.75 Å². The Kier molecular flexibility index (Phi) is 4.77. The fraction of sp³-hybridized carbons (Fsp3) is 0.133. The fourth-order valence-corrected chi connectivity index (χ4v) is 3.16. The molecule has 2 aromatic rings. The van der Waals surface area contributed by atoms with E-state index in [1.54, 1.807) is 7.11 Å². The SMILES string of the molecule is COc1c(Br)cc(Br)cc1C=Nc1ccccc1C. The van der Waals surface area contributed by atoms with Crippen molar-refractivity contribution >= 4 is 43.8 Å². The monoisotopic (exact) mass is 381 g/mol. The molecule has 0 aromatic heterocycles. The van der Waals surface area contributed by atoms with Crippen LogP contribution in [0, 0.1) is 6.92 Å². The van der Waals surface area contributed by atoms with Crippen molar-refractivity contribution in [3.63, 3.8) is 0 Å². The van der Waals surface area contributed by atoms with Gasteiger partial charge < -0.3 is 4.74 Å². The summed E-state index contributed by atoms with van der Waals surface area (Å²) < 4.78 is 7.27. The largest absolute Gasteiger partial charge is 0.495 e. The first-order chi connectivity index (χ1) is 9.11. The average molecular weight is 383 g/mol. The van der Waals surface area contributed by atoms with Gasteiger partial charge >= 0.3 is 0 Å². The molecule has 2 nitrogen and oxygen atoms in total. The van der Waals surface area contributed by atoms with Crippen LogP contribution in [-0.4, -0.2) is 13.3 Å². The molecule has 0 N–H and O–H groups in total. The van der Waals surface area contributed by atoms with Crippen molar-refractivity contribution in [3.05, 3.63) is 56.5 Å². The van der Waals surface area contributed by atoms with Crippen LogP contribution in [0.3, 0.4) is 0 Å². The number of ether oxygens (including phenoxy) is 1.